The van der Waals surface area contributed by atoms with Crippen LogP contribution in [0.15, 0.2) is 24.3 Å². The number of anilines is 2. The van der Waals surface area contributed by atoms with E-state index in [0.717, 1.165) is 61.9 Å². The van der Waals surface area contributed by atoms with Crippen LogP contribution in [0.1, 0.15) is 29.7 Å². The van der Waals surface area contributed by atoms with E-state index < -0.39 is 0 Å². The zero-order valence-corrected chi connectivity index (χ0v) is 13.7. The number of halogens is 1. The number of nitrogen functional groups attached to an aromatic ring is 1. The van der Waals surface area contributed by atoms with Crippen LogP contribution >= 0.6 is 0 Å². The summed E-state index contributed by atoms with van der Waals surface area (Å²) in [5, 5.41) is 0. The maximum Gasteiger partial charge on any atom is 0.227 e. The highest BCUT2D eigenvalue weighted by molar-refractivity contribution is 5.49. The summed E-state index contributed by atoms with van der Waals surface area (Å²) in [6.07, 6.45) is 3.25. The normalized spacial score (nSPS) is 18.0. The Balaban J connectivity index is 1.53. The molecule has 0 amide bonds. The summed E-state index contributed by atoms with van der Waals surface area (Å²) in [4.78, 5) is 13.9. The van der Waals surface area contributed by atoms with Gasteiger partial charge in [0.2, 0.25) is 5.95 Å². The molecule has 2 aliphatic rings. The maximum absolute atomic E-state index is 13.0. The quantitative estimate of drug-likeness (QED) is 0.938. The van der Waals surface area contributed by atoms with Gasteiger partial charge in [-0.05, 0) is 37.0 Å². The van der Waals surface area contributed by atoms with Crippen LogP contribution in [-0.2, 0) is 19.5 Å². The summed E-state index contributed by atoms with van der Waals surface area (Å²) >= 11 is 0. The molecule has 1 aromatic heterocycles. The van der Waals surface area contributed by atoms with Crippen LogP contribution in [0.25, 0.3) is 0 Å². The molecule has 0 saturated carbocycles. The van der Waals surface area contributed by atoms with Crippen LogP contribution in [0.5, 0.6) is 0 Å². The average molecular weight is 327 g/mol. The zero-order valence-electron chi connectivity index (χ0n) is 13.7. The fraction of sp³-hybridized carbons (Fsp3) is 0.444. The molecule has 4 rings (SSSR count). The second kappa shape index (κ2) is 6.36. The number of nitrogens with zero attached hydrogens (tertiary/aromatic N) is 4. The van der Waals surface area contributed by atoms with Crippen LogP contribution in [0.2, 0.25) is 0 Å². The van der Waals surface area contributed by atoms with Gasteiger partial charge in [0.15, 0.2) is 0 Å². The highest BCUT2D eigenvalue weighted by atomic mass is 19.1. The molecule has 0 unspecified atom stereocenters. The van der Waals surface area contributed by atoms with Gasteiger partial charge in [-0.3, -0.25) is 4.90 Å². The Bertz CT molecular complexity index is 725. The molecule has 5 nitrogen and oxygen atoms in total. The number of hydrogen-bond acceptors (Lipinski definition) is 5. The van der Waals surface area contributed by atoms with E-state index in [1.165, 1.54) is 25.0 Å². The predicted molar refractivity (Wildman–Crippen MR) is 92.1 cm³/mol. The van der Waals surface area contributed by atoms with Gasteiger partial charge in [-0.1, -0.05) is 12.1 Å². The number of benzene rings is 1. The first-order valence-electron chi connectivity index (χ1n) is 8.56. The third kappa shape index (κ3) is 3.06. The molecule has 3 heterocycles. The van der Waals surface area contributed by atoms with Crippen LogP contribution in [0, 0.1) is 5.82 Å². The monoisotopic (exact) mass is 327 g/mol. The fourth-order valence-electron chi connectivity index (χ4n) is 3.54. The number of rotatable bonds is 3. The molecular weight excluding hydrogens is 305 g/mol. The molecule has 6 heteroatoms. The summed E-state index contributed by atoms with van der Waals surface area (Å²) < 4.78 is 13.0. The summed E-state index contributed by atoms with van der Waals surface area (Å²) in [7, 11) is 0. The largest absolute Gasteiger partial charge is 0.383 e. The third-order valence-corrected chi connectivity index (χ3v) is 4.87. The zero-order chi connectivity index (χ0) is 16.5. The van der Waals surface area contributed by atoms with Crippen molar-refractivity contribution in [1.82, 2.24) is 14.9 Å². The van der Waals surface area contributed by atoms with Crippen molar-refractivity contribution in [2.24, 2.45) is 0 Å². The van der Waals surface area contributed by atoms with Crippen LogP contribution in [0.4, 0.5) is 16.2 Å². The Morgan fingerprint density at radius 1 is 1.04 bits per heavy atom. The minimum Gasteiger partial charge on any atom is -0.383 e. The smallest absolute Gasteiger partial charge is 0.227 e. The third-order valence-electron chi connectivity index (χ3n) is 4.87. The van der Waals surface area contributed by atoms with Crippen molar-refractivity contribution >= 4 is 11.8 Å². The Morgan fingerprint density at radius 2 is 1.79 bits per heavy atom. The molecule has 2 aliphatic heterocycles. The second-order valence-corrected chi connectivity index (χ2v) is 6.62. The van der Waals surface area contributed by atoms with Crippen LogP contribution in [0.3, 0.4) is 0 Å². The minimum absolute atomic E-state index is 0.196. The summed E-state index contributed by atoms with van der Waals surface area (Å²) in [6.45, 7) is 4.50. The van der Waals surface area contributed by atoms with Crippen molar-refractivity contribution in [3.8, 4) is 0 Å². The summed E-state index contributed by atoms with van der Waals surface area (Å²) in [5.41, 5.74) is 9.43. The van der Waals surface area contributed by atoms with E-state index in [1.54, 1.807) is 0 Å². The Labute approximate surface area is 141 Å². The van der Waals surface area contributed by atoms with Gasteiger partial charge in [0.25, 0.3) is 0 Å². The first-order valence-corrected chi connectivity index (χ1v) is 8.56. The van der Waals surface area contributed by atoms with Crippen molar-refractivity contribution in [2.45, 2.75) is 32.4 Å². The van der Waals surface area contributed by atoms with Crippen LogP contribution in [-0.4, -0.2) is 34.5 Å². The minimum atomic E-state index is -0.196. The SMILES string of the molecule is Nc1nc(N2CCCC2)nc2c1CCN(Cc1ccc(F)cc1)C2. The molecule has 0 atom stereocenters. The predicted octanol–water partition coefficient (Wildman–Crippen LogP) is 2.36. The van der Waals surface area contributed by atoms with E-state index in [4.69, 9.17) is 10.7 Å². The molecule has 24 heavy (non-hydrogen) atoms. The lowest BCUT2D eigenvalue weighted by Gasteiger charge is -2.29. The molecule has 1 saturated heterocycles. The summed E-state index contributed by atoms with van der Waals surface area (Å²) in [5.74, 6) is 1.20. The average Bonchev–Trinajstić information content (AvgIpc) is 3.11. The van der Waals surface area contributed by atoms with Crippen molar-refractivity contribution in [3.63, 3.8) is 0 Å². The van der Waals surface area contributed by atoms with E-state index in [-0.39, 0.29) is 5.82 Å². The number of aromatic nitrogens is 2. The van der Waals surface area contributed by atoms with E-state index >= 15 is 0 Å². The molecule has 2 N–H and O–H groups in total. The molecule has 2 aromatic rings. The molecule has 126 valence electrons. The highest BCUT2D eigenvalue weighted by Crippen LogP contribution is 2.26. The molecule has 1 aromatic carbocycles. The Kier molecular flexibility index (Phi) is 4.06. The van der Waals surface area contributed by atoms with Gasteiger partial charge in [-0.25, -0.2) is 9.37 Å². The van der Waals surface area contributed by atoms with Crippen LogP contribution < -0.4 is 10.6 Å². The van der Waals surface area contributed by atoms with Gasteiger partial charge in [0.1, 0.15) is 11.6 Å². The van der Waals surface area contributed by atoms with Crippen molar-refractivity contribution in [3.05, 3.63) is 46.9 Å². The van der Waals surface area contributed by atoms with E-state index in [0.29, 0.717) is 5.82 Å². The van der Waals surface area contributed by atoms with Gasteiger partial charge >= 0.3 is 0 Å². The van der Waals surface area contributed by atoms with Gasteiger partial charge in [-0.2, -0.15) is 4.98 Å². The van der Waals surface area contributed by atoms with Gasteiger partial charge in [0, 0.05) is 38.3 Å². The lowest BCUT2D eigenvalue weighted by molar-refractivity contribution is 0.241. The number of fused-ring (bicyclic) bond motifs is 1. The van der Waals surface area contributed by atoms with Crippen molar-refractivity contribution < 1.29 is 4.39 Å². The Hall–Kier alpha value is -2.21. The molecular formula is C18H22FN5. The maximum atomic E-state index is 13.0. The lowest BCUT2D eigenvalue weighted by Crippen LogP contribution is -2.32. The fourth-order valence-corrected chi connectivity index (χ4v) is 3.54. The standard InChI is InChI=1S/C18H22FN5/c19-14-5-3-13(4-6-14)11-23-10-7-15-16(12-23)21-18(22-17(15)20)24-8-1-2-9-24/h3-6H,1-2,7-12H2,(H2,20,21,22). The van der Waals surface area contributed by atoms with E-state index in [2.05, 4.69) is 14.8 Å². The Morgan fingerprint density at radius 3 is 2.54 bits per heavy atom. The van der Waals surface area contributed by atoms with Gasteiger partial charge in [-0.15, -0.1) is 0 Å². The molecule has 0 bridgehead atoms. The van der Waals surface area contributed by atoms with Gasteiger partial charge < -0.3 is 10.6 Å². The van der Waals surface area contributed by atoms with Gasteiger partial charge in [0.05, 0.1) is 5.69 Å². The first-order chi connectivity index (χ1) is 11.7. The summed E-state index contributed by atoms with van der Waals surface area (Å²) in [6, 6.07) is 6.71. The molecule has 1 fully saturated rings. The lowest BCUT2D eigenvalue weighted by atomic mass is 10.0. The first kappa shape index (κ1) is 15.3. The van der Waals surface area contributed by atoms with E-state index in [1.807, 2.05) is 12.1 Å². The number of hydrogen-bond donors (Lipinski definition) is 1. The molecule has 0 aliphatic carbocycles. The topological polar surface area (TPSA) is 58.3 Å². The second-order valence-electron chi connectivity index (χ2n) is 6.62. The highest BCUT2D eigenvalue weighted by Gasteiger charge is 2.24. The van der Waals surface area contributed by atoms with E-state index in [9.17, 15) is 4.39 Å². The number of nitrogens with two attached hydrogens (primary N) is 1. The molecule has 0 spiro atoms. The molecule has 0 radical (unpaired) electrons. The van der Waals surface area contributed by atoms with Crippen molar-refractivity contribution in [1.29, 1.82) is 0 Å². The van der Waals surface area contributed by atoms with Crippen molar-refractivity contribution in [2.75, 3.05) is 30.3 Å².